The Bertz CT molecular complexity index is 1340. The van der Waals surface area contributed by atoms with Gasteiger partial charge in [0.05, 0.1) is 5.56 Å². The van der Waals surface area contributed by atoms with Crippen LogP contribution < -0.4 is 10.6 Å². The number of pyridine rings is 1. The van der Waals surface area contributed by atoms with Crippen molar-refractivity contribution < 1.29 is 14.0 Å². The van der Waals surface area contributed by atoms with Crippen LogP contribution in [0.2, 0.25) is 0 Å². The lowest BCUT2D eigenvalue weighted by atomic mass is 10.1. The molecule has 0 spiro atoms. The van der Waals surface area contributed by atoms with Crippen LogP contribution in [0.1, 0.15) is 54.5 Å². The number of amides is 2. The summed E-state index contributed by atoms with van der Waals surface area (Å²) < 4.78 is 5.88. The summed E-state index contributed by atoms with van der Waals surface area (Å²) in [5.74, 6) is -0.237. The minimum absolute atomic E-state index is 0.180. The van der Waals surface area contributed by atoms with Gasteiger partial charge < -0.3 is 15.1 Å². The lowest BCUT2D eigenvalue weighted by molar-refractivity contribution is 0.0951. The van der Waals surface area contributed by atoms with Gasteiger partial charge in [0.25, 0.3) is 11.8 Å². The van der Waals surface area contributed by atoms with Gasteiger partial charge in [-0.05, 0) is 61.9 Å². The van der Waals surface area contributed by atoms with Gasteiger partial charge in [-0.2, -0.15) is 0 Å². The van der Waals surface area contributed by atoms with Crippen LogP contribution in [0, 0.1) is 13.8 Å². The molecule has 1 aromatic carbocycles. The Labute approximate surface area is 189 Å². The van der Waals surface area contributed by atoms with Crippen molar-refractivity contribution >= 4 is 39.1 Å². The molecule has 32 heavy (non-hydrogen) atoms. The summed E-state index contributed by atoms with van der Waals surface area (Å²) in [7, 11) is 0. The predicted molar refractivity (Wildman–Crippen MR) is 125 cm³/mol. The van der Waals surface area contributed by atoms with E-state index in [2.05, 4.69) is 15.6 Å². The fourth-order valence-corrected chi connectivity index (χ4v) is 5.50. The van der Waals surface area contributed by atoms with Gasteiger partial charge in [0, 0.05) is 34.8 Å². The number of rotatable bonds is 5. The Morgan fingerprint density at radius 3 is 2.84 bits per heavy atom. The lowest BCUT2D eigenvalue weighted by Gasteiger charge is -2.09. The largest absolute Gasteiger partial charge is 0.451 e. The highest BCUT2D eigenvalue weighted by Gasteiger charge is 2.28. The molecule has 4 aromatic rings. The normalized spacial score (nSPS) is 12.7. The van der Waals surface area contributed by atoms with E-state index in [0.29, 0.717) is 22.7 Å². The number of aromatic nitrogens is 1. The molecule has 5 rings (SSSR count). The van der Waals surface area contributed by atoms with Crippen LogP contribution in [-0.4, -0.2) is 16.8 Å². The molecule has 162 valence electrons. The minimum atomic E-state index is -0.336. The number of carbonyl (C=O) groups excluding carboxylic acids is 2. The van der Waals surface area contributed by atoms with E-state index in [1.165, 1.54) is 16.2 Å². The number of hydrogen-bond donors (Lipinski definition) is 2. The molecule has 2 N–H and O–H groups in total. The molecule has 0 fully saturated rings. The van der Waals surface area contributed by atoms with Crippen LogP contribution in [0.5, 0.6) is 0 Å². The molecule has 1 aliphatic rings. The lowest BCUT2D eigenvalue weighted by Crippen LogP contribution is -2.25. The van der Waals surface area contributed by atoms with Crippen molar-refractivity contribution in [3.63, 3.8) is 0 Å². The molecular weight excluding hydrogens is 422 g/mol. The van der Waals surface area contributed by atoms with Gasteiger partial charge in [-0.3, -0.25) is 14.6 Å². The maximum absolute atomic E-state index is 13.1. The van der Waals surface area contributed by atoms with Crippen LogP contribution >= 0.6 is 11.3 Å². The predicted octanol–water partition coefficient (Wildman–Crippen LogP) is 5.18. The second-order valence-electron chi connectivity index (χ2n) is 8.12. The Balaban J connectivity index is 1.42. The van der Waals surface area contributed by atoms with Crippen molar-refractivity contribution in [1.29, 1.82) is 0 Å². The molecule has 0 bridgehead atoms. The highest BCUT2D eigenvalue weighted by Crippen LogP contribution is 2.39. The highest BCUT2D eigenvalue weighted by atomic mass is 32.1. The minimum Gasteiger partial charge on any atom is -0.451 e. The summed E-state index contributed by atoms with van der Waals surface area (Å²) in [6.45, 7) is 4.25. The maximum atomic E-state index is 13.1. The van der Waals surface area contributed by atoms with Crippen LogP contribution in [0.25, 0.3) is 11.0 Å². The fraction of sp³-hybridized carbons (Fsp3) is 0.240. The second-order valence-corrected chi connectivity index (χ2v) is 9.22. The topological polar surface area (TPSA) is 84.2 Å². The number of fused-ring (bicyclic) bond motifs is 2. The molecule has 0 saturated carbocycles. The molecule has 0 aliphatic heterocycles. The van der Waals surface area contributed by atoms with Gasteiger partial charge in [-0.15, -0.1) is 11.3 Å². The summed E-state index contributed by atoms with van der Waals surface area (Å²) in [4.78, 5) is 31.5. The van der Waals surface area contributed by atoms with Crippen molar-refractivity contribution in [2.24, 2.45) is 0 Å². The molecule has 6 nitrogen and oxygen atoms in total. The molecule has 1 aliphatic carbocycles. The zero-order valence-electron chi connectivity index (χ0n) is 18.0. The third-order valence-electron chi connectivity index (χ3n) is 5.85. The van der Waals surface area contributed by atoms with E-state index >= 15 is 0 Å². The standard InChI is InChI=1S/C25H23N3O3S/c1-14-8-9-17-15(2)22(31-19(17)11-14)24(30)28-25-21(18-6-3-7-20(18)32-25)23(29)27-13-16-5-4-10-26-12-16/h4-5,8-12H,3,6-7,13H2,1-2H3,(H,27,29)(H,28,30). The highest BCUT2D eigenvalue weighted by molar-refractivity contribution is 7.17. The third-order valence-corrected chi connectivity index (χ3v) is 7.06. The Hall–Kier alpha value is -3.45. The quantitative estimate of drug-likeness (QED) is 0.443. The van der Waals surface area contributed by atoms with Crippen molar-refractivity contribution in [3.05, 3.63) is 81.2 Å². The monoisotopic (exact) mass is 445 g/mol. The number of nitrogens with one attached hydrogen (secondary N) is 2. The maximum Gasteiger partial charge on any atom is 0.292 e. The van der Waals surface area contributed by atoms with Gasteiger partial charge >= 0.3 is 0 Å². The molecule has 2 amide bonds. The summed E-state index contributed by atoms with van der Waals surface area (Å²) in [5.41, 5.74) is 5.10. The zero-order chi connectivity index (χ0) is 22.2. The van der Waals surface area contributed by atoms with E-state index < -0.39 is 0 Å². The smallest absolute Gasteiger partial charge is 0.292 e. The van der Waals surface area contributed by atoms with Crippen LogP contribution in [-0.2, 0) is 19.4 Å². The third kappa shape index (κ3) is 3.69. The van der Waals surface area contributed by atoms with Crippen LogP contribution in [0.15, 0.2) is 47.1 Å². The van der Waals surface area contributed by atoms with Crippen molar-refractivity contribution in [3.8, 4) is 0 Å². The molecule has 3 aromatic heterocycles. The Morgan fingerprint density at radius 1 is 1.16 bits per heavy atom. The average Bonchev–Trinajstić information content (AvgIpc) is 3.45. The summed E-state index contributed by atoms with van der Waals surface area (Å²) in [6, 6.07) is 9.65. The van der Waals surface area contributed by atoms with E-state index in [1.54, 1.807) is 12.4 Å². The van der Waals surface area contributed by atoms with Crippen LogP contribution in [0.4, 0.5) is 5.00 Å². The molecule has 3 heterocycles. The first kappa shape index (κ1) is 20.5. The Kier molecular flexibility index (Phi) is 5.27. The van der Waals surface area contributed by atoms with Crippen molar-refractivity contribution in [1.82, 2.24) is 10.3 Å². The molecule has 7 heteroatoms. The van der Waals surface area contributed by atoms with E-state index in [4.69, 9.17) is 4.42 Å². The first-order chi connectivity index (χ1) is 15.5. The summed E-state index contributed by atoms with van der Waals surface area (Å²) in [6.07, 6.45) is 6.24. The molecular formula is C25H23N3O3S. The van der Waals surface area contributed by atoms with E-state index in [9.17, 15) is 9.59 Å². The average molecular weight is 446 g/mol. The van der Waals surface area contributed by atoms with Gasteiger partial charge in [0.2, 0.25) is 0 Å². The van der Waals surface area contributed by atoms with Crippen molar-refractivity contribution in [2.75, 3.05) is 5.32 Å². The number of nitrogens with zero attached hydrogens (tertiary/aromatic N) is 1. The van der Waals surface area contributed by atoms with E-state index in [1.807, 2.05) is 44.2 Å². The number of benzene rings is 1. The molecule has 0 unspecified atom stereocenters. The van der Waals surface area contributed by atoms with Crippen molar-refractivity contribution in [2.45, 2.75) is 39.7 Å². The number of hydrogen-bond acceptors (Lipinski definition) is 5. The molecule has 0 saturated heterocycles. The number of anilines is 1. The van der Waals surface area contributed by atoms with Gasteiger partial charge in [0.15, 0.2) is 5.76 Å². The van der Waals surface area contributed by atoms with Gasteiger partial charge in [0.1, 0.15) is 10.6 Å². The number of thiophene rings is 1. The summed E-state index contributed by atoms with van der Waals surface area (Å²) in [5, 5.41) is 7.44. The first-order valence-corrected chi connectivity index (χ1v) is 11.5. The van der Waals surface area contributed by atoms with Gasteiger partial charge in [-0.1, -0.05) is 18.2 Å². The van der Waals surface area contributed by atoms with E-state index in [-0.39, 0.29) is 17.6 Å². The number of furan rings is 1. The Morgan fingerprint density at radius 2 is 2.03 bits per heavy atom. The molecule has 0 radical (unpaired) electrons. The van der Waals surface area contributed by atoms with Crippen LogP contribution in [0.3, 0.4) is 0 Å². The number of carbonyl (C=O) groups is 2. The first-order valence-electron chi connectivity index (χ1n) is 10.6. The fourth-order valence-electron chi connectivity index (χ4n) is 4.22. The molecule has 0 atom stereocenters. The second kappa shape index (κ2) is 8.24. The van der Waals surface area contributed by atoms with E-state index in [0.717, 1.165) is 46.9 Å². The SMILES string of the molecule is Cc1ccc2c(C)c(C(=O)Nc3sc4c(c3C(=O)NCc3cccnc3)CCC4)oc2c1. The summed E-state index contributed by atoms with van der Waals surface area (Å²) >= 11 is 1.49. The van der Waals surface area contributed by atoms with Gasteiger partial charge in [-0.25, -0.2) is 0 Å². The zero-order valence-corrected chi connectivity index (χ0v) is 18.8. The number of aryl methyl sites for hydroxylation is 3.